The Morgan fingerprint density at radius 2 is 1.81 bits per heavy atom. The largest absolute Gasteiger partial charge is 0.357 e. The second-order valence-corrected chi connectivity index (χ2v) is 5.82. The van der Waals surface area contributed by atoms with E-state index in [1.165, 1.54) is 10.5 Å². The Bertz CT molecular complexity index is 450. The number of hydrazine groups is 1. The molecule has 0 bridgehead atoms. The van der Waals surface area contributed by atoms with Crippen molar-refractivity contribution in [3.05, 3.63) is 35.9 Å². The number of quaternary nitrogens is 1. The van der Waals surface area contributed by atoms with Gasteiger partial charge < -0.3 is 15.5 Å². The zero-order chi connectivity index (χ0) is 15.7. The number of hydrogen-bond donors (Lipinski definition) is 4. The van der Waals surface area contributed by atoms with Crippen molar-refractivity contribution in [1.82, 2.24) is 21.1 Å². The van der Waals surface area contributed by atoms with E-state index >= 15 is 0 Å². The van der Waals surface area contributed by atoms with E-state index in [2.05, 4.69) is 42.3 Å². The third kappa shape index (κ3) is 7.79. The van der Waals surface area contributed by atoms with Crippen LogP contribution in [-0.2, 0) is 6.54 Å². The van der Waals surface area contributed by atoms with E-state index < -0.39 is 0 Å². The first kappa shape index (κ1) is 17.6. The summed E-state index contributed by atoms with van der Waals surface area (Å²) in [6, 6.07) is 10.1. The Hall–Kier alpha value is -1.44. The quantitative estimate of drug-likeness (QED) is 0.433. The summed E-state index contributed by atoms with van der Waals surface area (Å²) < 4.78 is 0. The molecule has 0 unspecified atom stereocenters. The molecule has 0 heterocycles. The van der Waals surface area contributed by atoms with Crippen LogP contribution in [0.15, 0.2) is 30.3 Å². The van der Waals surface area contributed by atoms with Gasteiger partial charge in [0, 0.05) is 13.6 Å². The molecular formula is C14H24N5S2+. The highest BCUT2D eigenvalue weighted by Gasteiger charge is 2.05. The lowest BCUT2D eigenvalue weighted by Crippen LogP contribution is -3.06. The third-order valence-electron chi connectivity index (χ3n) is 2.77. The lowest BCUT2D eigenvalue weighted by atomic mass is 10.2. The summed E-state index contributed by atoms with van der Waals surface area (Å²) in [6.45, 7) is 2.52. The highest BCUT2D eigenvalue weighted by molar-refractivity contribution is 7.80. The fourth-order valence-electron chi connectivity index (χ4n) is 1.56. The van der Waals surface area contributed by atoms with Gasteiger partial charge in [-0.2, -0.15) is 0 Å². The monoisotopic (exact) mass is 326 g/mol. The van der Waals surface area contributed by atoms with Crippen LogP contribution in [0.3, 0.4) is 0 Å². The average Bonchev–Trinajstić information content (AvgIpc) is 2.45. The molecular weight excluding hydrogens is 302 g/mol. The molecule has 0 amide bonds. The van der Waals surface area contributed by atoms with E-state index in [1.54, 1.807) is 5.01 Å². The summed E-state index contributed by atoms with van der Waals surface area (Å²) in [6.07, 6.45) is 0. The van der Waals surface area contributed by atoms with Gasteiger partial charge in [-0.1, -0.05) is 30.3 Å². The van der Waals surface area contributed by atoms with Gasteiger partial charge in [0.15, 0.2) is 10.2 Å². The number of thiocarbonyl (C=S) groups is 2. The van der Waals surface area contributed by atoms with Crippen molar-refractivity contribution >= 4 is 34.7 Å². The second-order valence-electron chi connectivity index (χ2n) is 5.03. The average molecular weight is 327 g/mol. The smallest absolute Gasteiger partial charge is 0.187 e. The first-order valence-electron chi connectivity index (χ1n) is 6.88. The van der Waals surface area contributed by atoms with E-state index in [4.69, 9.17) is 24.4 Å². The Morgan fingerprint density at radius 1 is 1.14 bits per heavy atom. The maximum Gasteiger partial charge on any atom is 0.187 e. The summed E-state index contributed by atoms with van der Waals surface area (Å²) in [5.74, 6) is 0. The molecule has 7 heteroatoms. The van der Waals surface area contributed by atoms with Crippen LogP contribution in [0.4, 0.5) is 0 Å². The van der Waals surface area contributed by atoms with E-state index in [0.717, 1.165) is 13.1 Å². The van der Waals surface area contributed by atoms with E-state index in [1.807, 2.05) is 25.2 Å². The molecule has 0 aliphatic heterocycles. The van der Waals surface area contributed by atoms with Crippen molar-refractivity contribution < 1.29 is 4.90 Å². The van der Waals surface area contributed by atoms with Gasteiger partial charge in [0.05, 0.1) is 27.2 Å². The molecule has 116 valence electrons. The maximum atomic E-state index is 5.31. The van der Waals surface area contributed by atoms with Crippen LogP contribution in [0.2, 0.25) is 0 Å². The number of rotatable bonds is 5. The van der Waals surface area contributed by atoms with Crippen molar-refractivity contribution in [2.45, 2.75) is 6.54 Å². The molecule has 1 aromatic rings. The molecule has 0 aliphatic carbocycles. The van der Waals surface area contributed by atoms with Gasteiger partial charge in [0.1, 0.15) is 0 Å². The van der Waals surface area contributed by atoms with Crippen LogP contribution in [0.25, 0.3) is 0 Å². The fraction of sp³-hybridized carbons (Fsp3) is 0.429. The topological polar surface area (TPSA) is 43.8 Å². The van der Waals surface area contributed by atoms with E-state index in [9.17, 15) is 0 Å². The van der Waals surface area contributed by atoms with Gasteiger partial charge in [-0.3, -0.25) is 10.4 Å². The van der Waals surface area contributed by atoms with Gasteiger partial charge in [0.2, 0.25) is 0 Å². The fourth-order valence-corrected chi connectivity index (χ4v) is 1.92. The normalized spacial score (nSPS) is 10.1. The van der Waals surface area contributed by atoms with Gasteiger partial charge in [-0.15, -0.1) is 0 Å². The van der Waals surface area contributed by atoms with Crippen molar-refractivity contribution in [2.75, 3.05) is 34.2 Å². The van der Waals surface area contributed by atoms with Crippen LogP contribution in [-0.4, -0.2) is 49.5 Å². The SMILES string of the molecule is CN(NC(=S)NCC[NH+](C)C)C(=S)NCc1ccccc1. The molecule has 1 rings (SSSR count). The van der Waals surface area contributed by atoms with Crippen molar-refractivity contribution in [3.8, 4) is 0 Å². The van der Waals surface area contributed by atoms with Gasteiger partial charge >= 0.3 is 0 Å². The highest BCUT2D eigenvalue weighted by Crippen LogP contribution is 1.97. The number of hydrogen-bond acceptors (Lipinski definition) is 2. The molecule has 0 radical (unpaired) electrons. The Balaban J connectivity index is 2.25. The minimum Gasteiger partial charge on any atom is -0.357 e. The summed E-state index contributed by atoms with van der Waals surface area (Å²) in [7, 11) is 6.05. The number of nitrogens with one attached hydrogen (secondary N) is 4. The zero-order valence-corrected chi connectivity index (χ0v) is 14.4. The molecule has 0 saturated heterocycles. The predicted octanol–water partition coefficient (Wildman–Crippen LogP) is -0.483. The Labute approximate surface area is 137 Å². The maximum absolute atomic E-state index is 5.31. The Kier molecular flexibility index (Phi) is 7.96. The summed E-state index contributed by atoms with van der Waals surface area (Å²) >= 11 is 10.5. The molecule has 1 aromatic carbocycles. The van der Waals surface area contributed by atoms with Crippen LogP contribution < -0.4 is 21.0 Å². The molecule has 0 saturated carbocycles. The molecule has 0 atom stereocenters. The number of benzene rings is 1. The first-order valence-corrected chi connectivity index (χ1v) is 7.69. The molecule has 0 spiro atoms. The molecule has 5 nitrogen and oxygen atoms in total. The van der Waals surface area contributed by atoms with E-state index in [-0.39, 0.29) is 0 Å². The molecule has 0 aromatic heterocycles. The van der Waals surface area contributed by atoms with Gasteiger partial charge in [-0.05, 0) is 30.0 Å². The molecule has 21 heavy (non-hydrogen) atoms. The lowest BCUT2D eigenvalue weighted by Gasteiger charge is -2.23. The van der Waals surface area contributed by atoms with Crippen LogP contribution in [0.5, 0.6) is 0 Å². The minimum absolute atomic E-state index is 0.572. The highest BCUT2D eigenvalue weighted by atomic mass is 32.1. The van der Waals surface area contributed by atoms with Crippen LogP contribution in [0.1, 0.15) is 5.56 Å². The zero-order valence-electron chi connectivity index (χ0n) is 12.8. The number of likely N-dealkylation sites (N-methyl/N-ethyl adjacent to an activating group) is 1. The lowest BCUT2D eigenvalue weighted by molar-refractivity contribution is -0.856. The first-order chi connectivity index (χ1) is 9.99. The second kappa shape index (κ2) is 9.49. The summed E-state index contributed by atoms with van der Waals surface area (Å²) in [4.78, 5) is 1.37. The Morgan fingerprint density at radius 3 is 2.43 bits per heavy atom. The molecule has 4 N–H and O–H groups in total. The van der Waals surface area contributed by atoms with Crippen molar-refractivity contribution in [2.24, 2.45) is 0 Å². The van der Waals surface area contributed by atoms with Crippen LogP contribution >= 0.6 is 24.4 Å². The molecule has 0 fully saturated rings. The van der Waals surface area contributed by atoms with E-state index in [0.29, 0.717) is 16.8 Å². The van der Waals surface area contributed by atoms with Crippen molar-refractivity contribution in [1.29, 1.82) is 0 Å². The minimum atomic E-state index is 0.572. The number of nitrogens with zero attached hydrogens (tertiary/aromatic N) is 1. The van der Waals surface area contributed by atoms with Crippen molar-refractivity contribution in [3.63, 3.8) is 0 Å². The summed E-state index contributed by atoms with van der Waals surface area (Å²) in [5, 5.41) is 9.20. The predicted molar refractivity (Wildman–Crippen MR) is 95.1 cm³/mol. The third-order valence-corrected chi connectivity index (χ3v) is 3.42. The standard InChI is InChI=1S/C14H23N5S2/c1-18(2)10-9-15-13(20)17-19(3)14(21)16-11-12-7-5-4-6-8-12/h4-8H,9-11H2,1-3H3,(H,16,21)(H2,15,17,20)/p+1. The summed E-state index contributed by atoms with van der Waals surface area (Å²) in [5.41, 5.74) is 4.21. The molecule has 0 aliphatic rings. The van der Waals surface area contributed by atoms with Crippen LogP contribution in [0, 0.1) is 0 Å². The van der Waals surface area contributed by atoms with Gasteiger partial charge in [0.25, 0.3) is 0 Å². The van der Waals surface area contributed by atoms with Gasteiger partial charge in [-0.25, -0.2) is 0 Å².